The van der Waals surface area contributed by atoms with E-state index in [4.69, 9.17) is 5.73 Å². The van der Waals surface area contributed by atoms with Crippen molar-refractivity contribution in [2.75, 3.05) is 6.54 Å². The Morgan fingerprint density at radius 2 is 1.69 bits per heavy atom. The molecule has 0 fully saturated rings. The van der Waals surface area contributed by atoms with Gasteiger partial charge in [0, 0.05) is 0 Å². The maximum Gasteiger partial charge on any atom is -0.00483 e. The Balaban J connectivity index is 2.58. The third-order valence-electron chi connectivity index (χ3n) is 2.42. The number of hydrogen-bond donors (Lipinski definition) is 1. The summed E-state index contributed by atoms with van der Waals surface area (Å²) in [6.45, 7) is 5.14. The summed E-state index contributed by atoms with van der Waals surface area (Å²) in [6.07, 6.45) is 2.22. The van der Waals surface area contributed by atoms with Gasteiger partial charge in [0.15, 0.2) is 0 Å². The standard InChI is InChI=1S/C12H19N/c1-3-11-4-6-12(7-5-11)8-10(2)9-13/h4-7,10H,3,8-9,13H2,1-2H3. The van der Waals surface area contributed by atoms with Gasteiger partial charge in [-0.15, -0.1) is 0 Å². The van der Waals surface area contributed by atoms with Crippen LogP contribution in [0.25, 0.3) is 0 Å². The molecule has 1 aromatic rings. The van der Waals surface area contributed by atoms with E-state index in [9.17, 15) is 0 Å². The molecule has 1 heteroatoms. The second kappa shape index (κ2) is 5.03. The van der Waals surface area contributed by atoms with Crippen LogP contribution in [0.4, 0.5) is 0 Å². The molecule has 0 aliphatic carbocycles. The van der Waals surface area contributed by atoms with Gasteiger partial charge < -0.3 is 5.73 Å². The van der Waals surface area contributed by atoms with E-state index in [-0.39, 0.29) is 0 Å². The predicted molar refractivity (Wildman–Crippen MR) is 57.7 cm³/mol. The number of aryl methyl sites for hydroxylation is 1. The van der Waals surface area contributed by atoms with E-state index in [0.29, 0.717) is 5.92 Å². The largest absolute Gasteiger partial charge is 0.330 e. The zero-order valence-corrected chi connectivity index (χ0v) is 8.59. The number of rotatable bonds is 4. The van der Waals surface area contributed by atoms with Crippen molar-refractivity contribution in [3.63, 3.8) is 0 Å². The number of benzene rings is 1. The maximum atomic E-state index is 5.58. The summed E-state index contributed by atoms with van der Waals surface area (Å²) in [4.78, 5) is 0. The number of nitrogens with two attached hydrogens (primary N) is 1. The van der Waals surface area contributed by atoms with Crippen LogP contribution >= 0.6 is 0 Å². The van der Waals surface area contributed by atoms with Crippen LogP contribution in [-0.4, -0.2) is 6.54 Å². The molecule has 0 saturated heterocycles. The van der Waals surface area contributed by atoms with Gasteiger partial charge in [-0.3, -0.25) is 0 Å². The highest BCUT2D eigenvalue weighted by molar-refractivity contribution is 5.22. The van der Waals surface area contributed by atoms with Gasteiger partial charge >= 0.3 is 0 Å². The molecule has 1 nitrogen and oxygen atoms in total. The van der Waals surface area contributed by atoms with Gasteiger partial charge in [-0.25, -0.2) is 0 Å². The summed E-state index contributed by atoms with van der Waals surface area (Å²) in [5.41, 5.74) is 8.38. The summed E-state index contributed by atoms with van der Waals surface area (Å²) in [5, 5.41) is 0. The quantitative estimate of drug-likeness (QED) is 0.751. The lowest BCUT2D eigenvalue weighted by Crippen LogP contribution is -2.12. The highest BCUT2D eigenvalue weighted by Crippen LogP contribution is 2.09. The van der Waals surface area contributed by atoms with E-state index in [2.05, 4.69) is 38.1 Å². The normalized spacial score (nSPS) is 12.8. The monoisotopic (exact) mass is 177 g/mol. The molecule has 1 atom stereocenters. The summed E-state index contributed by atoms with van der Waals surface area (Å²) in [7, 11) is 0. The molecule has 13 heavy (non-hydrogen) atoms. The first-order valence-electron chi connectivity index (χ1n) is 5.04. The molecule has 0 aliphatic rings. The van der Waals surface area contributed by atoms with Crippen LogP contribution in [-0.2, 0) is 12.8 Å². The molecule has 72 valence electrons. The second-order valence-corrected chi connectivity index (χ2v) is 3.72. The molecular formula is C12H19N. The first kappa shape index (κ1) is 10.3. The van der Waals surface area contributed by atoms with Crippen LogP contribution in [0.5, 0.6) is 0 Å². The van der Waals surface area contributed by atoms with Gasteiger partial charge in [-0.1, -0.05) is 38.1 Å². The van der Waals surface area contributed by atoms with Crippen LogP contribution in [0.3, 0.4) is 0 Å². The molecule has 0 aliphatic heterocycles. The Labute approximate surface area is 81.0 Å². The lowest BCUT2D eigenvalue weighted by molar-refractivity contribution is 0.593. The number of hydrogen-bond acceptors (Lipinski definition) is 1. The molecule has 1 rings (SSSR count). The molecule has 2 N–H and O–H groups in total. The van der Waals surface area contributed by atoms with Crippen molar-refractivity contribution in [1.29, 1.82) is 0 Å². The fourth-order valence-corrected chi connectivity index (χ4v) is 1.40. The topological polar surface area (TPSA) is 26.0 Å². The molecule has 1 unspecified atom stereocenters. The van der Waals surface area contributed by atoms with Crippen LogP contribution in [0.2, 0.25) is 0 Å². The van der Waals surface area contributed by atoms with E-state index in [1.54, 1.807) is 0 Å². The van der Waals surface area contributed by atoms with Crippen molar-refractivity contribution in [3.8, 4) is 0 Å². The Bertz CT molecular complexity index is 238. The fourth-order valence-electron chi connectivity index (χ4n) is 1.40. The van der Waals surface area contributed by atoms with Gasteiger partial charge in [0.2, 0.25) is 0 Å². The minimum Gasteiger partial charge on any atom is -0.330 e. The van der Waals surface area contributed by atoms with Crippen LogP contribution in [0.1, 0.15) is 25.0 Å². The molecular weight excluding hydrogens is 158 g/mol. The van der Waals surface area contributed by atoms with Crippen LogP contribution in [0, 0.1) is 5.92 Å². The van der Waals surface area contributed by atoms with Crippen LogP contribution < -0.4 is 5.73 Å². The lowest BCUT2D eigenvalue weighted by atomic mass is 10.00. The van der Waals surface area contributed by atoms with E-state index >= 15 is 0 Å². The average Bonchev–Trinajstić information content (AvgIpc) is 2.19. The zero-order valence-electron chi connectivity index (χ0n) is 8.59. The summed E-state index contributed by atoms with van der Waals surface area (Å²) < 4.78 is 0. The summed E-state index contributed by atoms with van der Waals surface area (Å²) in [5.74, 6) is 0.590. The van der Waals surface area contributed by atoms with Crippen molar-refractivity contribution < 1.29 is 0 Å². The first-order chi connectivity index (χ1) is 6.26. The second-order valence-electron chi connectivity index (χ2n) is 3.72. The summed E-state index contributed by atoms with van der Waals surface area (Å²) >= 11 is 0. The van der Waals surface area contributed by atoms with Gasteiger partial charge in [-0.05, 0) is 36.4 Å². The van der Waals surface area contributed by atoms with Gasteiger partial charge in [0.25, 0.3) is 0 Å². The smallest absolute Gasteiger partial charge is 0.00483 e. The Morgan fingerprint density at radius 1 is 1.15 bits per heavy atom. The molecule has 0 aromatic heterocycles. The van der Waals surface area contributed by atoms with E-state index in [1.807, 2.05) is 0 Å². The molecule has 0 amide bonds. The Kier molecular flexibility index (Phi) is 3.97. The van der Waals surface area contributed by atoms with Crippen LogP contribution in [0.15, 0.2) is 24.3 Å². The summed E-state index contributed by atoms with van der Waals surface area (Å²) in [6, 6.07) is 8.84. The molecule has 0 heterocycles. The third-order valence-corrected chi connectivity index (χ3v) is 2.42. The molecule has 0 spiro atoms. The molecule has 0 saturated carbocycles. The van der Waals surface area contributed by atoms with Crippen molar-refractivity contribution in [2.24, 2.45) is 11.7 Å². The lowest BCUT2D eigenvalue weighted by Gasteiger charge is -2.08. The van der Waals surface area contributed by atoms with E-state index < -0.39 is 0 Å². The van der Waals surface area contributed by atoms with Gasteiger partial charge in [0.05, 0.1) is 0 Å². The maximum absolute atomic E-state index is 5.58. The van der Waals surface area contributed by atoms with Gasteiger partial charge in [0.1, 0.15) is 0 Å². The highest BCUT2D eigenvalue weighted by Gasteiger charge is 2.00. The van der Waals surface area contributed by atoms with Gasteiger partial charge in [-0.2, -0.15) is 0 Å². The first-order valence-corrected chi connectivity index (χ1v) is 5.04. The minimum atomic E-state index is 0.590. The predicted octanol–water partition coefficient (Wildman–Crippen LogP) is 2.39. The van der Waals surface area contributed by atoms with Crippen molar-refractivity contribution >= 4 is 0 Å². The average molecular weight is 177 g/mol. The highest BCUT2D eigenvalue weighted by atomic mass is 14.5. The molecule has 0 bridgehead atoms. The van der Waals surface area contributed by atoms with Crippen molar-refractivity contribution in [1.82, 2.24) is 0 Å². The van der Waals surface area contributed by atoms with E-state index in [1.165, 1.54) is 11.1 Å². The van der Waals surface area contributed by atoms with E-state index in [0.717, 1.165) is 19.4 Å². The SMILES string of the molecule is CCc1ccc(CC(C)CN)cc1. The third kappa shape index (κ3) is 3.19. The Hall–Kier alpha value is -0.820. The van der Waals surface area contributed by atoms with Crippen molar-refractivity contribution in [3.05, 3.63) is 35.4 Å². The zero-order chi connectivity index (χ0) is 9.68. The Morgan fingerprint density at radius 3 is 2.15 bits per heavy atom. The van der Waals surface area contributed by atoms with Crippen molar-refractivity contribution in [2.45, 2.75) is 26.7 Å². The molecule has 1 aromatic carbocycles. The minimum absolute atomic E-state index is 0.590. The molecule has 0 radical (unpaired) electrons. The fraction of sp³-hybridized carbons (Fsp3) is 0.500.